The van der Waals surface area contributed by atoms with Crippen molar-refractivity contribution in [3.05, 3.63) is 54.1 Å². The van der Waals surface area contributed by atoms with Crippen molar-refractivity contribution >= 4 is 29.3 Å². The van der Waals surface area contributed by atoms with E-state index in [0.717, 1.165) is 21.9 Å². The highest BCUT2D eigenvalue weighted by molar-refractivity contribution is 8.00. The van der Waals surface area contributed by atoms with Crippen LogP contribution in [0, 0.1) is 6.92 Å². The fourth-order valence-corrected chi connectivity index (χ4v) is 3.33. The summed E-state index contributed by atoms with van der Waals surface area (Å²) in [7, 11) is 3.26. The van der Waals surface area contributed by atoms with Crippen LogP contribution in [-0.4, -0.2) is 42.7 Å². The van der Waals surface area contributed by atoms with Gasteiger partial charge in [0.1, 0.15) is 5.75 Å². The molecular formula is C20H24N2O3S. The predicted octanol–water partition coefficient (Wildman–Crippen LogP) is 3.58. The highest BCUT2D eigenvalue weighted by atomic mass is 32.2. The minimum atomic E-state index is -0.291. The minimum absolute atomic E-state index is 0.0141. The lowest BCUT2D eigenvalue weighted by Crippen LogP contribution is -2.38. The van der Waals surface area contributed by atoms with E-state index >= 15 is 0 Å². The molecule has 0 aromatic heterocycles. The molecule has 0 spiro atoms. The number of likely N-dealkylation sites (N-methyl/N-ethyl adjacent to an activating group) is 1. The molecule has 0 heterocycles. The molecule has 2 amide bonds. The Morgan fingerprint density at radius 3 is 2.31 bits per heavy atom. The second-order valence-corrected chi connectivity index (χ2v) is 7.46. The normalized spacial score (nSPS) is 11.5. The van der Waals surface area contributed by atoms with E-state index in [1.54, 1.807) is 14.2 Å². The maximum atomic E-state index is 12.5. The molecule has 138 valence electrons. The summed E-state index contributed by atoms with van der Waals surface area (Å²) >= 11 is 1.45. The fraction of sp³-hybridized carbons (Fsp3) is 0.300. The predicted molar refractivity (Wildman–Crippen MR) is 106 cm³/mol. The largest absolute Gasteiger partial charge is 0.497 e. The number of nitrogens with zero attached hydrogens (tertiary/aromatic N) is 1. The van der Waals surface area contributed by atoms with Crippen molar-refractivity contribution in [1.29, 1.82) is 0 Å². The van der Waals surface area contributed by atoms with Crippen LogP contribution < -0.4 is 10.1 Å². The molecule has 0 bridgehead atoms. The number of benzene rings is 2. The molecule has 0 radical (unpaired) electrons. The molecule has 2 aromatic rings. The molecule has 0 fully saturated rings. The number of aryl methyl sites for hydroxylation is 1. The van der Waals surface area contributed by atoms with Crippen LogP contribution in [0.2, 0.25) is 0 Å². The summed E-state index contributed by atoms with van der Waals surface area (Å²) in [5, 5.41) is 2.51. The van der Waals surface area contributed by atoms with E-state index in [1.165, 1.54) is 16.7 Å². The molecule has 0 aliphatic heterocycles. The summed E-state index contributed by atoms with van der Waals surface area (Å²) in [6, 6.07) is 15.1. The number of hydrogen-bond donors (Lipinski definition) is 1. The van der Waals surface area contributed by atoms with Crippen LogP contribution in [0.15, 0.2) is 53.4 Å². The van der Waals surface area contributed by atoms with Gasteiger partial charge in [-0.3, -0.25) is 9.59 Å². The average molecular weight is 372 g/mol. The number of amides is 2. The highest BCUT2D eigenvalue weighted by Crippen LogP contribution is 2.26. The first kappa shape index (κ1) is 19.8. The van der Waals surface area contributed by atoms with Gasteiger partial charge in [0.05, 0.1) is 18.9 Å². The van der Waals surface area contributed by atoms with Crippen molar-refractivity contribution in [3.63, 3.8) is 0 Å². The van der Waals surface area contributed by atoms with Crippen molar-refractivity contribution in [2.45, 2.75) is 24.0 Å². The molecule has 0 aliphatic carbocycles. The molecule has 2 rings (SSSR count). The van der Waals surface area contributed by atoms with Gasteiger partial charge in [-0.2, -0.15) is 0 Å². The van der Waals surface area contributed by atoms with Gasteiger partial charge in [0.15, 0.2) is 0 Å². The van der Waals surface area contributed by atoms with Crippen molar-refractivity contribution in [3.8, 4) is 5.75 Å². The second-order valence-electron chi connectivity index (χ2n) is 6.04. The lowest BCUT2D eigenvalue weighted by atomic mass is 10.2. The van der Waals surface area contributed by atoms with Gasteiger partial charge in [0.25, 0.3) is 0 Å². The van der Waals surface area contributed by atoms with Gasteiger partial charge < -0.3 is 15.0 Å². The third-order valence-corrected chi connectivity index (χ3v) is 4.91. The number of ether oxygens (including phenoxy) is 1. The third kappa shape index (κ3) is 5.81. The molecule has 0 aliphatic rings. The standard InChI is InChI=1S/C20H24N2O3S/c1-14-5-7-16(8-6-14)21-19(23)13-22(3)20(24)15(2)26-18-11-9-17(25-4)10-12-18/h5-12,15H,13H2,1-4H3,(H,21,23)/t15-/m0/s1. The third-order valence-electron chi connectivity index (χ3n) is 3.81. The van der Waals surface area contributed by atoms with Gasteiger partial charge in [-0.15, -0.1) is 11.8 Å². The van der Waals surface area contributed by atoms with Gasteiger partial charge in [-0.05, 0) is 50.2 Å². The Labute approximate surface area is 158 Å². The molecule has 0 saturated heterocycles. The summed E-state index contributed by atoms with van der Waals surface area (Å²) in [6.07, 6.45) is 0. The van der Waals surface area contributed by atoms with Gasteiger partial charge in [0.2, 0.25) is 11.8 Å². The fourth-order valence-electron chi connectivity index (χ4n) is 2.35. The lowest BCUT2D eigenvalue weighted by Gasteiger charge is -2.21. The number of anilines is 1. The number of methoxy groups -OCH3 is 1. The van der Waals surface area contributed by atoms with Gasteiger partial charge in [-0.1, -0.05) is 17.7 Å². The lowest BCUT2D eigenvalue weighted by molar-refractivity contribution is -0.132. The van der Waals surface area contributed by atoms with E-state index in [9.17, 15) is 9.59 Å². The number of carbonyl (C=O) groups excluding carboxylic acids is 2. The Hall–Kier alpha value is -2.47. The van der Waals surface area contributed by atoms with Crippen LogP contribution >= 0.6 is 11.8 Å². The summed E-state index contributed by atoms with van der Waals surface area (Å²) in [5.41, 5.74) is 1.85. The number of hydrogen-bond acceptors (Lipinski definition) is 4. The smallest absolute Gasteiger partial charge is 0.243 e. The molecular weight excluding hydrogens is 348 g/mol. The average Bonchev–Trinajstić information content (AvgIpc) is 2.63. The Kier molecular flexibility index (Phi) is 7.09. The highest BCUT2D eigenvalue weighted by Gasteiger charge is 2.20. The molecule has 2 aromatic carbocycles. The van der Waals surface area contributed by atoms with Crippen LogP contribution in [-0.2, 0) is 9.59 Å². The maximum absolute atomic E-state index is 12.5. The second kappa shape index (κ2) is 9.29. The number of nitrogens with one attached hydrogen (secondary N) is 1. The Morgan fingerprint density at radius 2 is 1.73 bits per heavy atom. The van der Waals surface area contributed by atoms with Crippen molar-refractivity contribution in [1.82, 2.24) is 4.90 Å². The van der Waals surface area contributed by atoms with Gasteiger partial charge in [-0.25, -0.2) is 0 Å². The first-order valence-electron chi connectivity index (χ1n) is 8.31. The molecule has 26 heavy (non-hydrogen) atoms. The maximum Gasteiger partial charge on any atom is 0.243 e. The van der Waals surface area contributed by atoms with E-state index in [1.807, 2.05) is 62.4 Å². The van der Waals surface area contributed by atoms with Gasteiger partial charge >= 0.3 is 0 Å². The van der Waals surface area contributed by atoms with Gasteiger partial charge in [0, 0.05) is 17.6 Å². The summed E-state index contributed by atoms with van der Waals surface area (Å²) < 4.78 is 5.13. The molecule has 6 heteroatoms. The quantitative estimate of drug-likeness (QED) is 0.755. The molecule has 0 unspecified atom stereocenters. The SMILES string of the molecule is COc1ccc(S[C@@H](C)C(=O)N(C)CC(=O)Nc2ccc(C)cc2)cc1. The topological polar surface area (TPSA) is 58.6 Å². The molecule has 5 nitrogen and oxygen atoms in total. The van der Waals surface area contributed by atoms with E-state index in [0.29, 0.717) is 0 Å². The Balaban J connectivity index is 1.86. The van der Waals surface area contributed by atoms with E-state index in [4.69, 9.17) is 4.74 Å². The number of rotatable bonds is 7. The minimum Gasteiger partial charge on any atom is -0.497 e. The first-order valence-corrected chi connectivity index (χ1v) is 9.19. The first-order chi connectivity index (χ1) is 12.4. The molecule has 0 saturated carbocycles. The van der Waals surface area contributed by atoms with Crippen molar-refractivity contribution in [2.24, 2.45) is 0 Å². The van der Waals surface area contributed by atoms with Crippen molar-refractivity contribution in [2.75, 3.05) is 26.0 Å². The Morgan fingerprint density at radius 1 is 1.12 bits per heavy atom. The van der Waals surface area contributed by atoms with Crippen LogP contribution in [0.5, 0.6) is 5.75 Å². The van der Waals surface area contributed by atoms with E-state index in [2.05, 4.69) is 5.32 Å². The summed E-state index contributed by atoms with van der Waals surface area (Å²) in [6.45, 7) is 3.84. The van der Waals surface area contributed by atoms with Crippen LogP contribution in [0.3, 0.4) is 0 Å². The van der Waals surface area contributed by atoms with E-state index < -0.39 is 0 Å². The zero-order chi connectivity index (χ0) is 19.1. The number of carbonyl (C=O) groups is 2. The van der Waals surface area contributed by atoms with E-state index in [-0.39, 0.29) is 23.6 Å². The van der Waals surface area contributed by atoms with Crippen LogP contribution in [0.1, 0.15) is 12.5 Å². The summed E-state index contributed by atoms with van der Waals surface area (Å²) in [5.74, 6) is 0.467. The molecule has 1 N–H and O–H groups in total. The van der Waals surface area contributed by atoms with Crippen LogP contribution in [0.25, 0.3) is 0 Å². The molecule has 1 atom stereocenters. The monoisotopic (exact) mass is 372 g/mol. The number of thioether (sulfide) groups is 1. The zero-order valence-electron chi connectivity index (χ0n) is 15.5. The Bertz CT molecular complexity index is 745. The van der Waals surface area contributed by atoms with Crippen molar-refractivity contribution < 1.29 is 14.3 Å². The summed E-state index contributed by atoms with van der Waals surface area (Å²) in [4.78, 5) is 27.1. The van der Waals surface area contributed by atoms with Crippen LogP contribution in [0.4, 0.5) is 5.69 Å². The zero-order valence-corrected chi connectivity index (χ0v) is 16.3.